The molecule has 1 heterocycles. The summed E-state index contributed by atoms with van der Waals surface area (Å²) >= 11 is 0. The number of nitrogens with one attached hydrogen (secondary N) is 8. The first-order valence-electron chi connectivity index (χ1n) is 29.6. The van der Waals surface area contributed by atoms with Crippen LogP contribution in [0.25, 0.3) is 0 Å². The Hall–Kier alpha value is -8.22. The second kappa shape index (κ2) is 38.4. The van der Waals surface area contributed by atoms with Gasteiger partial charge in [0.15, 0.2) is 23.0 Å². The number of carbonyl (C=O) groups is 8. The van der Waals surface area contributed by atoms with Crippen LogP contribution in [0.15, 0.2) is 46.4 Å². The van der Waals surface area contributed by atoms with Crippen LogP contribution < -0.4 is 61.5 Å². The molecule has 0 radical (unpaired) electrons. The minimum Gasteiger partial charge on any atom is -0.487 e. The van der Waals surface area contributed by atoms with Crippen molar-refractivity contribution in [3.8, 4) is 23.0 Å². The van der Waals surface area contributed by atoms with Crippen molar-refractivity contribution < 1.29 is 95.2 Å². The molecule has 0 saturated heterocycles. The lowest BCUT2D eigenvalue weighted by Crippen LogP contribution is -2.47. The Labute approximate surface area is 526 Å². The molecule has 1 aliphatic rings. The Bertz CT molecular complexity index is 2470. The molecule has 2 atom stereocenters. The Morgan fingerprint density at radius 1 is 0.411 bits per heavy atom. The molecule has 90 heavy (non-hydrogen) atoms. The van der Waals surface area contributed by atoms with Gasteiger partial charge >= 0.3 is 24.4 Å². The number of nitrogens with zero attached hydrogens (tertiary/aromatic N) is 2. The van der Waals surface area contributed by atoms with Crippen LogP contribution in [0.1, 0.15) is 123 Å². The van der Waals surface area contributed by atoms with Gasteiger partial charge in [0, 0.05) is 50.4 Å². The molecule has 0 spiro atoms. The van der Waals surface area contributed by atoms with Gasteiger partial charge in [-0.15, -0.1) is 0 Å². The lowest BCUT2D eigenvalue weighted by molar-refractivity contribution is -0.125. The third-order valence-electron chi connectivity index (χ3n) is 10.8. The van der Waals surface area contributed by atoms with Crippen LogP contribution in [0.5, 0.6) is 23.0 Å². The van der Waals surface area contributed by atoms with Crippen LogP contribution in [0, 0.1) is 0 Å². The molecule has 8 amide bonds. The standard InChI is InChI=1S/C60H94N10O20/c1-39(71)63-43(17-15-23-61-51(67-53(75)87-57(3,4)5)68-54(76)88-58(6,7)8)49(73)65-41-19-21-45-47(37-41)85-35-31-81-27-28-82-32-36-86-48-38-42(20-22-46(48)84-34-30-80-26-25-79-29-33-83-45)66-50(74)44(64-40(2)72)18-16-24-62-52(69-55(77)89-59(9,10)11)70-56(78)90-60(12,13)14/h19-22,37-38,43-44H,15-18,23-36H2,1-14H3,(H,63,71)(H,64,72)(H,65,73)(H,66,74)(H2,61,67,68,75,76)(H2,62,69,70,77,78)/t43-,44-/m0/s1. The van der Waals surface area contributed by atoms with E-state index in [1.807, 2.05) is 0 Å². The van der Waals surface area contributed by atoms with E-state index < -0.39 is 82.5 Å². The van der Waals surface area contributed by atoms with E-state index in [1.165, 1.54) is 13.8 Å². The minimum atomic E-state index is -1.01. The van der Waals surface area contributed by atoms with Crippen LogP contribution in [0.4, 0.5) is 30.6 Å². The van der Waals surface area contributed by atoms with Crippen LogP contribution in [-0.4, -0.2) is 187 Å². The fourth-order valence-electron chi connectivity index (χ4n) is 7.40. The maximum atomic E-state index is 13.7. The van der Waals surface area contributed by atoms with Crippen molar-refractivity contribution in [3.05, 3.63) is 36.4 Å². The molecular formula is C60H94N10O20. The molecule has 30 heteroatoms. The SMILES string of the molecule is CC(=O)N[C@@H](CCCN=C(NC(=O)OC(C)(C)C)NC(=O)OC(C)(C)C)C(=O)Nc1ccc2c(c1)OCCOCCOCCOc1cc(NC(=O)[C@H](CCCN=C(NC(=O)OC(C)(C)C)NC(=O)OC(C)(C)C)NC(C)=O)ccc1OCCOCCOCCO2. The fraction of sp³-hybridized carbons (Fsp3) is 0.633. The van der Waals surface area contributed by atoms with Crippen molar-refractivity contribution in [3.63, 3.8) is 0 Å². The Morgan fingerprint density at radius 3 is 0.944 bits per heavy atom. The third-order valence-corrected chi connectivity index (χ3v) is 10.8. The molecule has 0 aromatic heterocycles. The number of fused-ring (bicyclic) bond motifs is 2. The van der Waals surface area contributed by atoms with Gasteiger partial charge in [0.05, 0.1) is 52.9 Å². The summed E-state index contributed by atoms with van der Waals surface area (Å²) in [6.07, 6.45) is -2.78. The van der Waals surface area contributed by atoms with Crippen LogP contribution in [-0.2, 0) is 57.1 Å². The highest BCUT2D eigenvalue weighted by Gasteiger charge is 2.26. The molecule has 30 nitrogen and oxygen atoms in total. The fourth-order valence-corrected chi connectivity index (χ4v) is 7.40. The number of carbonyl (C=O) groups excluding carboxylic acids is 8. The van der Waals surface area contributed by atoms with E-state index >= 15 is 0 Å². The molecule has 2 aromatic carbocycles. The summed E-state index contributed by atoms with van der Waals surface area (Å²) in [6, 6.07) is 7.59. The zero-order chi connectivity index (χ0) is 66.9. The van der Waals surface area contributed by atoms with E-state index in [4.69, 9.17) is 56.8 Å². The van der Waals surface area contributed by atoms with Gasteiger partial charge in [0.25, 0.3) is 0 Å². The highest BCUT2D eigenvalue weighted by atomic mass is 16.6. The first-order chi connectivity index (χ1) is 42.2. The number of alkyl carbamates (subject to hydrolysis) is 4. The predicted molar refractivity (Wildman–Crippen MR) is 331 cm³/mol. The van der Waals surface area contributed by atoms with Gasteiger partial charge in [-0.1, -0.05) is 0 Å². The largest absolute Gasteiger partial charge is 0.487 e. The number of hydrogen-bond donors (Lipinski definition) is 8. The Morgan fingerprint density at radius 2 is 0.678 bits per heavy atom. The van der Waals surface area contributed by atoms with Crippen molar-refractivity contribution in [1.82, 2.24) is 31.9 Å². The summed E-state index contributed by atoms with van der Waals surface area (Å²) in [6.45, 7) is 24.6. The monoisotopic (exact) mass is 1270 g/mol. The summed E-state index contributed by atoms with van der Waals surface area (Å²) in [4.78, 5) is 111. The highest BCUT2D eigenvalue weighted by Crippen LogP contribution is 2.32. The lowest BCUT2D eigenvalue weighted by Gasteiger charge is -2.22. The van der Waals surface area contributed by atoms with Gasteiger partial charge in [0.2, 0.25) is 35.5 Å². The van der Waals surface area contributed by atoms with Gasteiger partial charge in [-0.3, -0.25) is 50.4 Å². The molecular weight excluding hydrogens is 1180 g/mol. The highest BCUT2D eigenvalue weighted by molar-refractivity contribution is 6.02. The third kappa shape index (κ3) is 35.7. The normalized spacial score (nSPS) is 14.7. The van der Waals surface area contributed by atoms with Gasteiger partial charge in [0.1, 0.15) is 60.9 Å². The van der Waals surface area contributed by atoms with E-state index in [2.05, 4.69) is 52.5 Å². The van der Waals surface area contributed by atoms with Gasteiger partial charge in [-0.25, -0.2) is 19.2 Å². The van der Waals surface area contributed by atoms with E-state index in [9.17, 15) is 38.4 Å². The van der Waals surface area contributed by atoms with E-state index in [0.29, 0.717) is 22.9 Å². The van der Waals surface area contributed by atoms with Gasteiger partial charge < -0.3 is 78.1 Å². The quantitative estimate of drug-likeness (QED) is 0.0449. The van der Waals surface area contributed by atoms with E-state index in [0.717, 1.165) is 0 Å². The molecule has 3 rings (SSSR count). The van der Waals surface area contributed by atoms with Crippen molar-refractivity contribution in [2.24, 2.45) is 9.98 Å². The number of aliphatic imine (C=N–C) groups is 2. The summed E-state index contributed by atoms with van der Waals surface area (Å²) < 4.78 is 68.4. The Kier molecular flexibility index (Phi) is 32.4. The number of benzene rings is 2. The van der Waals surface area contributed by atoms with Gasteiger partial charge in [-0.2, -0.15) is 0 Å². The number of hydrogen-bond acceptors (Lipinski definition) is 22. The second-order valence-electron chi connectivity index (χ2n) is 23.9. The van der Waals surface area contributed by atoms with E-state index in [1.54, 1.807) is 119 Å². The first kappa shape index (κ1) is 76.0. The predicted octanol–water partition coefficient (Wildman–Crippen LogP) is 6.24. The topological polar surface area (TPSA) is 368 Å². The number of ether oxygens (including phenoxy) is 12. The van der Waals surface area contributed by atoms with Crippen LogP contribution in [0.2, 0.25) is 0 Å². The van der Waals surface area contributed by atoms with Crippen molar-refractivity contribution in [2.45, 2.75) is 157 Å². The molecule has 0 bridgehead atoms. The minimum absolute atomic E-state index is 0.0137. The number of anilines is 2. The van der Waals surface area contributed by atoms with Gasteiger partial charge in [-0.05, 0) is 133 Å². The zero-order valence-corrected chi connectivity index (χ0v) is 54.4. The maximum absolute atomic E-state index is 13.7. The molecule has 8 N–H and O–H groups in total. The molecule has 504 valence electrons. The first-order valence-corrected chi connectivity index (χ1v) is 29.6. The molecule has 2 aromatic rings. The van der Waals surface area contributed by atoms with Crippen LogP contribution in [0.3, 0.4) is 0 Å². The molecule has 0 aliphatic carbocycles. The molecule has 0 unspecified atom stereocenters. The van der Waals surface area contributed by atoms with Crippen LogP contribution >= 0.6 is 0 Å². The number of amides is 8. The summed E-state index contributed by atoms with van der Waals surface area (Å²) in [5.74, 6) is -1.18. The average Bonchev–Trinajstić information content (AvgIpc) is 1.74. The molecule has 1 aliphatic heterocycles. The van der Waals surface area contributed by atoms with E-state index in [-0.39, 0.29) is 141 Å². The van der Waals surface area contributed by atoms with Crippen molar-refractivity contribution >= 4 is 71.3 Å². The Balaban J connectivity index is 1.64. The van der Waals surface area contributed by atoms with Crippen molar-refractivity contribution in [1.29, 1.82) is 0 Å². The average molecular weight is 1280 g/mol. The van der Waals surface area contributed by atoms with Crippen molar-refractivity contribution in [2.75, 3.05) is 103 Å². The maximum Gasteiger partial charge on any atom is 0.414 e. The molecule has 0 saturated carbocycles. The summed E-state index contributed by atoms with van der Waals surface area (Å²) in [5.41, 5.74) is -2.69. The summed E-state index contributed by atoms with van der Waals surface area (Å²) in [5, 5.41) is 20.6. The second-order valence-corrected chi connectivity index (χ2v) is 23.9. The molecule has 0 fully saturated rings. The summed E-state index contributed by atoms with van der Waals surface area (Å²) in [7, 11) is 0. The number of rotatable bonds is 14. The smallest absolute Gasteiger partial charge is 0.414 e. The number of guanidine groups is 2. The lowest BCUT2D eigenvalue weighted by atomic mass is 10.1. The zero-order valence-electron chi connectivity index (χ0n) is 54.4.